The molecule has 0 aliphatic heterocycles. The zero-order chi connectivity index (χ0) is 19.9. The first-order valence-corrected chi connectivity index (χ1v) is 8.61. The molecule has 28 heavy (non-hydrogen) atoms. The van der Waals surface area contributed by atoms with Gasteiger partial charge < -0.3 is 10.6 Å². The molecule has 0 spiro atoms. The molecule has 0 bridgehead atoms. The first-order valence-electron chi connectivity index (χ1n) is 8.61. The van der Waals surface area contributed by atoms with Gasteiger partial charge >= 0.3 is 0 Å². The van der Waals surface area contributed by atoms with Crippen LogP contribution in [-0.2, 0) is 11.3 Å². The number of carbonyl (C=O) groups is 2. The van der Waals surface area contributed by atoms with Crippen molar-refractivity contribution in [1.29, 1.82) is 0 Å². The first kappa shape index (κ1) is 18.9. The maximum atomic E-state index is 12.4. The van der Waals surface area contributed by atoms with Crippen molar-refractivity contribution in [2.45, 2.75) is 6.54 Å². The minimum atomic E-state index is -0.354. The largest absolute Gasteiger partial charge is 0.355 e. The van der Waals surface area contributed by atoms with Gasteiger partial charge in [0.05, 0.1) is 29.3 Å². The Labute approximate surface area is 161 Å². The summed E-state index contributed by atoms with van der Waals surface area (Å²) < 4.78 is 1.26. The molecular formula is C21H18N4O3. The SMILES string of the molecule is CNC(=O)c1ccccc1C#CCNC(=O)Cn1cnc2ccccc2c1=O. The predicted molar refractivity (Wildman–Crippen MR) is 106 cm³/mol. The number of hydrogen-bond acceptors (Lipinski definition) is 4. The van der Waals surface area contributed by atoms with E-state index >= 15 is 0 Å². The quantitative estimate of drug-likeness (QED) is 0.665. The fourth-order valence-corrected chi connectivity index (χ4v) is 2.64. The Hall–Kier alpha value is -3.92. The normalized spacial score (nSPS) is 10.0. The van der Waals surface area contributed by atoms with Crippen LogP contribution < -0.4 is 16.2 Å². The number of aromatic nitrogens is 2. The molecule has 0 atom stereocenters. The molecule has 0 fully saturated rings. The maximum absolute atomic E-state index is 12.4. The zero-order valence-corrected chi connectivity index (χ0v) is 15.2. The molecule has 3 aromatic rings. The summed E-state index contributed by atoms with van der Waals surface area (Å²) in [4.78, 5) is 40.5. The lowest BCUT2D eigenvalue weighted by Gasteiger charge is -2.06. The lowest BCUT2D eigenvalue weighted by Crippen LogP contribution is -2.32. The summed E-state index contributed by atoms with van der Waals surface area (Å²) >= 11 is 0. The molecule has 7 nitrogen and oxygen atoms in total. The molecule has 2 amide bonds. The Kier molecular flexibility index (Phi) is 5.82. The lowest BCUT2D eigenvalue weighted by molar-refractivity contribution is -0.121. The van der Waals surface area contributed by atoms with Crippen molar-refractivity contribution in [1.82, 2.24) is 20.2 Å². The number of hydrogen-bond donors (Lipinski definition) is 2. The third-order valence-corrected chi connectivity index (χ3v) is 4.04. The van der Waals surface area contributed by atoms with Crippen LogP contribution in [0.15, 0.2) is 59.7 Å². The molecule has 0 aliphatic rings. The monoisotopic (exact) mass is 374 g/mol. The van der Waals surface area contributed by atoms with Crippen LogP contribution >= 0.6 is 0 Å². The molecule has 1 aromatic heterocycles. The average Bonchev–Trinajstić information content (AvgIpc) is 2.73. The Morgan fingerprint density at radius 1 is 1.11 bits per heavy atom. The van der Waals surface area contributed by atoms with E-state index in [-0.39, 0.29) is 30.5 Å². The summed E-state index contributed by atoms with van der Waals surface area (Å²) in [5.41, 5.74) is 1.36. The van der Waals surface area contributed by atoms with Gasteiger partial charge in [0, 0.05) is 12.6 Å². The third-order valence-electron chi connectivity index (χ3n) is 4.04. The highest BCUT2D eigenvalue weighted by molar-refractivity contribution is 5.96. The van der Waals surface area contributed by atoms with E-state index in [0.29, 0.717) is 22.0 Å². The molecule has 0 radical (unpaired) electrons. The fraction of sp³-hybridized carbons (Fsp3) is 0.143. The van der Waals surface area contributed by atoms with Crippen molar-refractivity contribution in [3.05, 3.63) is 76.3 Å². The van der Waals surface area contributed by atoms with Gasteiger partial charge in [0.15, 0.2) is 0 Å². The topological polar surface area (TPSA) is 93.1 Å². The van der Waals surface area contributed by atoms with E-state index in [0.717, 1.165) is 0 Å². The van der Waals surface area contributed by atoms with Crippen molar-refractivity contribution in [3.8, 4) is 11.8 Å². The molecule has 0 saturated carbocycles. The molecule has 2 N–H and O–H groups in total. The second-order valence-electron chi connectivity index (χ2n) is 5.90. The Morgan fingerprint density at radius 3 is 2.68 bits per heavy atom. The van der Waals surface area contributed by atoms with Crippen molar-refractivity contribution >= 4 is 22.7 Å². The van der Waals surface area contributed by atoms with E-state index in [4.69, 9.17) is 0 Å². The van der Waals surface area contributed by atoms with Gasteiger partial charge in [0.2, 0.25) is 5.91 Å². The third kappa shape index (κ3) is 4.24. The van der Waals surface area contributed by atoms with Crippen LogP contribution in [0.5, 0.6) is 0 Å². The van der Waals surface area contributed by atoms with Gasteiger partial charge in [-0.15, -0.1) is 0 Å². The molecule has 0 aliphatic carbocycles. The highest BCUT2D eigenvalue weighted by atomic mass is 16.2. The molecular weight excluding hydrogens is 356 g/mol. The van der Waals surface area contributed by atoms with Gasteiger partial charge in [-0.3, -0.25) is 19.0 Å². The maximum Gasteiger partial charge on any atom is 0.261 e. The van der Waals surface area contributed by atoms with E-state index in [9.17, 15) is 14.4 Å². The summed E-state index contributed by atoms with van der Waals surface area (Å²) in [6, 6.07) is 13.9. The highest BCUT2D eigenvalue weighted by Crippen LogP contribution is 2.07. The zero-order valence-electron chi connectivity index (χ0n) is 15.2. The van der Waals surface area contributed by atoms with Crippen molar-refractivity contribution in [2.24, 2.45) is 0 Å². The summed E-state index contributed by atoms with van der Waals surface area (Å²) in [5, 5.41) is 5.66. The Morgan fingerprint density at radius 2 is 1.86 bits per heavy atom. The van der Waals surface area contributed by atoms with Gasteiger partial charge in [-0.25, -0.2) is 4.98 Å². The standard InChI is InChI=1S/C21H18N4O3/c1-22-20(27)16-9-3-2-7-15(16)8-6-12-23-19(26)13-25-14-24-18-11-5-4-10-17(18)21(25)28/h2-5,7,9-11,14H,12-13H2,1H3,(H,22,27)(H,23,26). The van der Waals surface area contributed by atoms with Crippen LogP contribution in [-0.4, -0.2) is 35.0 Å². The summed E-state index contributed by atoms with van der Waals surface area (Å²) in [7, 11) is 1.55. The fourth-order valence-electron chi connectivity index (χ4n) is 2.64. The molecule has 2 aromatic carbocycles. The second-order valence-corrected chi connectivity index (χ2v) is 5.90. The average molecular weight is 374 g/mol. The van der Waals surface area contributed by atoms with E-state index in [1.54, 1.807) is 55.6 Å². The van der Waals surface area contributed by atoms with Crippen LogP contribution in [0.3, 0.4) is 0 Å². The van der Waals surface area contributed by atoms with Crippen LogP contribution in [0.1, 0.15) is 15.9 Å². The predicted octanol–water partition coefficient (Wildman–Crippen LogP) is 0.924. The molecule has 3 rings (SSSR count). The van der Waals surface area contributed by atoms with Crippen molar-refractivity contribution in [3.63, 3.8) is 0 Å². The summed E-state index contributed by atoms with van der Waals surface area (Å²) in [5.74, 6) is 5.12. The number of nitrogens with zero attached hydrogens (tertiary/aromatic N) is 2. The van der Waals surface area contributed by atoms with Crippen molar-refractivity contribution < 1.29 is 9.59 Å². The van der Waals surface area contributed by atoms with Gasteiger partial charge in [-0.2, -0.15) is 0 Å². The minimum absolute atomic E-state index is 0.0939. The van der Waals surface area contributed by atoms with Crippen LogP contribution in [0.25, 0.3) is 10.9 Å². The van der Waals surface area contributed by atoms with E-state index in [2.05, 4.69) is 27.5 Å². The van der Waals surface area contributed by atoms with Crippen LogP contribution in [0.2, 0.25) is 0 Å². The van der Waals surface area contributed by atoms with E-state index in [1.807, 2.05) is 0 Å². The van der Waals surface area contributed by atoms with Crippen molar-refractivity contribution in [2.75, 3.05) is 13.6 Å². The summed E-state index contributed by atoms with van der Waals surface area (Å²) in [6.45, 7) is -0.0517. The van der Waals surface area contributed by atoms with Crippen LogP contribution in [0, 0.1) is 11.8 Å². The van der Waals surface area contributed by atoms with E-state index in [1.165, 1.54) is 10.9 Å². The number of carbonyl (C=O) groups excluding carboxylic acids is 2. The van der Waals surface area contributed by atoms with Crippen LogP contribution in [0.4, 0.5) is 0 Å². The van der Waals surface area contributed by atoms with Gasteiger partial charge in [-0.05, 0) is 24.3 Å². The smallest absolute Gasteiger partial charge is 0.261 e. The number of para-hydroxylation sites is 1. The number of benzene rings is 2. The number of nitrogens with one attached hydrogen (secondary N) is 2. The van der Waals surface area contributed by atoms with Gasteiger partial charge in [0.1, 0.15) is 6.54 Å². The Bertz CT molecular complexity index is 1160. The van der Waals surface area contributed by atoms with Gasteiger partial charge in [-0.1, -0.05) is 36.1 Å². The molecule has 140 valence electrons. The van der Waals surface area contributed by atoms with E-state index < -0.39 is 0 Å². The molecule has 7 heteroatoms. The Balaban J connectivity index is 1.64. The molecule has 0 unspecified atom stereocenters. The summed E-state index contributed by atoms with van der Waals surface area (Å²) in [6.07, 6.45) is 1.36. The number of fused-ring (bicyclic) bond motifs is 1. The minimum Gasteiger partial charge on any atom is -0.355 e. The number of amides is 2. The highest BCUT2D eigenvalue weighted by Gasteiger charge is 2.08. The lowest BCUT2D eigenvalue weighted by atomic mass is 10.1. The second kappa shape index (κ2) is 8.64. The van der Waals surface area contributed by atoms with Gasteiger partial charge in [0.25, 0.3) is 11.5 Å². The molecule has 0 saturated heterocycles. The first-order chi connectivity index (χ1) is 13.6. The number of rotatable bonds is 4. The molecule has 1 heterocycles.